The number of hydrogen-bond donors (Lipinski definition) is 3. The van der Waals surface area contributed by atoms with E-state index < -0.39 is 12.6 Å². The molecule has 0 spiro atoms. The van der Waals surface area contributed by atoms with Crippen molar-refractivity contribution in [1.29, 1.82) is 0 Å². The van der Waals surface area contributed by atoms with Gasteiger partial charge in [-0.25, -0.2) is 4.79 Å². The van der Waals surface area contributed by atoms with E-state index in [1.807, 2.05) is 0 Å². The number of carbonyl (C=O) groups is 2. The van der Waals surface area contributed by atoms with Gasteiger partial charge < -0.3 is 15.2 Å². The number of aromatic amines is 1. The maximum atomic E-state index is 11.7. The standard InChI is InChI=1S/C12H11N3O4/c16-11(17)7-19-10-3-1-2-9(4-10)15-12(18)8-5-13-14-6-8/h1-6H,7H2,(H,13,14)(H,15,18)(H,16,17). The zero-order valence-corrected chi connectivity index (χ0v) is 9.79. The number of aliphatic carboxylic acids is 1. The van der Waals surface area contributed by atoms with E-state index in [1.54, 1.807) is 24.3 Å². The molecule has 7 nitrogen and oxygen atoms in total. The maximum Gasteiger partial charge on any atom is 0.341 e. The molecular weight excluding hydrogens is 250 g/mol. The predicted molar refractivity (Wildman–Crippen MR) is 66.1 cm³/mol. The van der Waals surface area contributed by atoms with Crippen molar-refractivity contribution in [1.82, 2.24) is 10.2 Å². The number of aromatic nitrogens is 2. The van der Waals surface area contributed by atoms with E-state index in [0.29, 0.717) is 17.0 Å². The van der Waals surface area contributed by atoms with Crippen LogP contribution in [0.15, 0.2) is 36.7 Å². The summed E-state index contributed by atoms with van der Waals surface area (Å²) in [6, 6.07) is 6.48. The lowest BCUT2D eigenvalue weighted by atomic mass is 10.2. The van der Waals surface area contributed by atoms with Gasteiger partial charge >= 0.3 is 5.97 Å². The van der Waals surface area contributed by atoms with Gasteiger partial charge in [-0.15, -0.1) is 0 Å². The predicted octanol–water partition coefficient (Wildman–Crippen LogP) is 1.13. The second kappa shape index (κ2) is 5.67. The number of carbonyl (C=O) groups excluding carboxylic acids is 1. The number of H-pyrrole nitrogens is 1. The van der Waals surface area contributed by atoms with E-state index in [4.69, 9.17) is 9.84 Å². The third-order valence-electron chi connectivity index (χ3n) is 2.21. The highest BCUT2D eigenvalue weighted by Crippen LogP contribution is 2.17. The molecule has 0 atom stereocenters. The molecule has 0 aliphatic rings. The van der Waals surface area contributed by atoms with Crippen LogP contribution in [0, 0.1) is 0 Å². The van der Waals surface area contributed by atoms with Crippen LogP contribution in [-0.2, 0) is 4.79 Å². The lowest BCUT2D eigenvalue weighted by Crippen LogP contribution is -2.12. The summed E-state index contributed by atoms with van der Waals surface area (Å²) in [7, 11) is 0. The van der Waals surface area contributed by atoms with Gasteiger partial charge in [0.25, 0.3) is 5.91 Å². The van der Waals surface area contributed by atoms with Gasteiger partial charge in [-0.3, -0.25) is 9.89 Å². The van der Waals surface area contributed by atoms with Crippen LogP contribution in [0.25, 0.3) is 0 Å². The van der Waals surface area contributed by atoms with Crippen molar-refractivity contribution in [3.8, 4) is 5.75 Å². The largest absolute Gasteiger partial charge is 0.482 e. The van der Waals surface area contributed by atoms with Crippen molar-refractivity contribution in [2.45, 2.75) is 0 Å². The first-order valence-corrected chi connectivity index (χ1v) is 5.40. The molecule has 0 unspecified atom stereocenters. The summed E-state index contributed by atoms with van der Waals surface area (Å²) in [4.78, 5) is 22.1. The Balaban J connectivity index is 2.02. The Morgan fingerprint density at radius 2 is 2.26 bits per heavy atom. The van der Waals surface area contributed by atoms with Crippen LogP contribution >= 0.6 is 0 Å². The molecule has 0 radical (unpaired) electrons. The molecule has 1 aromatic carbocycles. The van der Waals surface area contributed by atoms with Gasteiger partial charge in [-0.2, -0.15) is 5.10 Å². The number of rotatable bonds is 5. The lowest BCUT2D eigenvalue weighted by molar-refractivity contribution is -0.139. The van der Waals surface area contributed by atoms with Gasteiger partial charge in [-0.05, 0) is 12.1 Å². The Labute approximate surface area is 108 Å². The summed E-state index contributed by atoms with van der Waals surface area (Å²) in [5.74, 6) is -1.01. The fraction of sp³-hybridized carbons (Fsp3) is 0.0833. The average molecular weight is 261 g/mol. The quantitative estimate of drug-likeness (QED) is 0.748. The minimum Gasteiger partial charge on any atom is -0.482 e. The van der Waals surface area contributed by atoms with Crippen molar-refractivity contribution in [2.75, 3.05) is 11.9 Å². The monoisotopic (exact) mass is 261 g/mol. The molecule has 1 heterocycles. The lowest BCUT2D eigenvalue weighted by Gasteiger charge is -2.07. The number of nitrogens with one attached hydrogen (secondary N) is 2. The minimum absolute atomic E-state index is 0.316. The zero-order valence-electron chi connectivity index (χ0n) is 9.79. The van der Waals surface area contributed by atoms with Crippen molar-refractivity contribution in [3.05, 3.63) is 42.2 Å². The molecule has 3 N–H and O–H groups in total. The van der Waals surface area contributed by atoms with Crippen LogP contribution in [0.2, 0.25) is 0 Å². The number of benzene rings is 1. The molecule has 0 saturated carbocycles. The summed E-state index contributed by atoms with van der Waals surface area (Å²) in [5, 5.41) is 17.4. The minimum atomic E-state index is -1.06. The first kappa shape index (κ1) is 12.6. The normalized spacial score (nSPS) is 9.89. The molecule has 1 amide bonds. The number of amides is 1. The van der Waals surface area contributed by atoms with Gasteiger partial charge in [0.15, 0.2) is 6.61 Å². The number of carboxylic acids is 1. The average Bonchev–Trinajstić information content (AvgIpc) is 2.91. The summed E-state index contributed by atoms with van der Waals surface area (Å²) >= 11 is 0. The first-order chi connectivity index (χ1) is 9.15. The molecule has 1 aromatic heterocycles. The van der Waals surface area contributed by atoms with Crippen molar-refractivity contribution < 1.29 is 19.4 Å². The van der Waals surface area contributed by atoms with E-state index in [0.717, 1.165) is 0 Å². The summed E-state index contributed by atoms with van der Waals surface area (Å²) in [5.41, 5.74) is 0.908. The summed E-state index contributed by atoms with van der Waals surface area (Å²) < 4.78 is 5.01. The van der Waals surface area contributed by atoms with Crippen LogP contribution in [0.5, 0.6) is 5.75 Å². The summed E-state index contributed by atoms with van der Waals surface area (Å²) in [6.45, 7) is -0.431. The van der Waals surface area contributed by atoms with E-state index in [-0.39, 0.29) is 5.91 Å². The van der Waals surface area contributed by atoms with E-state index >= 15 is 0 Å². The summed E-state index contributed by atoms with van der Waals surface area (Å²) in [6.07, 6.45) is 2.88. The van der Waals surface area contributed by atoms with Crippen LogP contribution in [-0.4, -0.2) is 33.8 Å². The number of nitrogens with zero attached hydrogens (tertiary/aromatic N) is 1. The number of carboxylic acid groups (broad SMARTS) is 1. The Hall–Kier alpha value is -2.83. The smallest absolute Gasteiger partial charge is 0.341 e. The number of anilines is 1. The van der Waals surface area contributed by atoms with Gasteiger partial charge in [0.2, 0.25) is 0 Å². The van der Waals surface area contributed by atoms with Gasteiger partial charge in [-0.1, -0.05) is 6.07 Å². The molecule has 2 aromatic rings. The molecule has 0 saturated heterocycles. The Morgan fingerprint density at radius 3 is 2.95 bits per heavy atom. The molecule has 2 rings (SSSR count). The second-order valence-corrected chi connectivity index (χ2v) is 3.65. The number of hydrogen-bond acceptors (Lipinski definition) is 4. The van der Waals surface area contributed by atoms with Gasteiger partial charge in [0.05, 0.1) is 11.8 Å². The van der Waals surface area contributed by atoms with Crippen LogP contribution in [0.3, 0.4) is 0 Å². The Kier molecular flexibility index (Phi) is 3.77. The molecule has 0 fully saturated rings. The third-order valence-corrected chi connectivity index (χ3v) is 2.21. The molecule has 0 aliphatic heterocycles. The number of ether oxygens (including phenoxy) is 1. The highest BCUT2D eigenvalue weighted by Gasteiger charge is 2.07. The van der Waals surface area contributed by atoms with Crippen LogP contribution in [0.4, 0.5) is 5.69 Å². The van der Waals surface area contributed by atoms with E-state index in [2.05, 4.69) is 15.5 Å². The SMILES string of the molecule is O=C(O)COc1cccc(NC(=O)c2cn[nH]c2)c1. The van der Waals surface area contributed by atoms with E-state index in [9.17, 15) is 9.59 Å². The molecule has 98 valence electrons. The third kappa shape index (κ3) is 3.56. The van der Waals surface area contributed by atoms with Gasteiger partial charge in [0.1, 0.15) is 5.75 Å². The molecular formula is C12H11N3O4. The molecule has 7 heteroatoms. The highest BCUT2D eigenvalue weighted by molar-refractivity contribution is 6.03. The van der Waals surface area contributed by atoms with Crippen molar-refractivity contribution in [3.63, 3.8) is 0 Å². The highest BCUT2D eigenvalue weighted by atomic mass is 16.5. The second-order valence-electron chi connectivity index (χ2n) is 3.65. The Morgan fingerprint density at radius 1 is 1.42 bits per heavy atom. The Bertz CT molecular complexity index is 580. The molecule has 0 aliphatic carbocycles. The van der Waals surface area contributed by atoms with Crippen LogP contribution in [0.1, 0.15) is 10.4 Å². The van der Waals surface area contributed by atoms with E-state index in [1.165, 1.54) is 12.4 Å². The topological polar surface area (TPSA) is 104 Å². The van der Waals surface area contributed by atoms with Crippen molar-refractivity contribution in [2.24, 2.45) is 0 Å². The van der Waals surface area contributed by atoms with Gasteiger partial charge in [0, 0.05) is 18.0 Å². The molecule has 19 heavy (non-hydrogen) atoms. The zero-order chi connectivity index (χ0) is 13.7. The fourth-order valence-electron chi connectivity index (χ4n) is 1.39. The van der Waals surface area contributed by atoms with Crippen molar-refractivity contribution >= 4 is 17.6 Å². The van der Waals surface area contributed by atoms with Crippen LogP contribution < -0.4 is 10.1 Å². The first-order valence-electron chi connectivity index (χ1n) is 5.40. The maximum absolute atomic E-state index is 11.7. The molecule has 0 bridgehead atoms. The fourth-order valence-corrected chi connectivity index (χ4v) is 1.39.